The fourth-order valence-electron chi connectivity index (χ4n) is 1.19. The summed E-state index contributed by atoms with van der Waals surface area (Å²) in [7, 11) is 0. The summed E-state index contributed by atoms with van der Waals surface area (Å²) in [5.74, 6) is -0.301. The van der Waals surface area contributed by atoms with Crippen LogP contribution in [-0.4, -0.2) is 15.6 Å². The third-order valence-electron chi connectivity index (χ3n) is 2.06. The normalized spacial score (nSPS) is 11.4. The van der Waals surface area contributed by atoms with Gasteiger partial charge in [-0.05, 0) is 32.4 Å². The highest BCUT2D eigenvalue weighted by molar-refractivity contribution is 5.47. The molecule has 88 valence electrons. The van der Waals surface area contributed by atoms with E-state index in [0.717, 1.165) is 5.56 Å². The van der Waals surface area contributed by atoms with Crippen molar-refractivity contribution in [3.05, 3.63) is 33.9 Å². The van der Waals surface area contributed by atoms with Gasteiger partial charge in [0.15, 0.2) is 5.75 Å². The van der Waals surface area contributed by atoms with Crippen molar-refractivity contribution in [1.82, 2.24) is 5.32 Å². The molecule has 1 aromatic rings. The molecule has 0 heterocycles. The summed E-state index contributed by atoms with van der Waals surface area (Å²) in [5.41, 5.74) is 0.472. The van der Waals surface area contributed by atoms with Crippen LogP contribution in [0.3, 0.4) is 0 Å². The van der Waals surface area contributed by atoms with E-state index in [0.29, 0.717) is 6.54 Å². The van der Waals surface area contributed by atoms with E-state index in [-0.39, 0.29) is 17.0 Å². The highest BCUT2D eigenvalue weighted by Crippen LogP contribution is 2.26. The highest BCUT2D eigenvalue weighted by Gasteiger charge is 2.14. The average Bonchev–Trinajstić information content (AvgIpc) is 2.14. The van der Waals surface area contributed by atoms with Gasteiger partial charge in [0.2, 0.25) is 0 Å². The summed E-state index contributed by atoms with van der Waals surface area (Å²) in [6.45, 7) is 6.58. The van der Waals surface area contributed by atoms with Crippen LogP contribution in [0.2, 0.25) is 0 Å². The smallest absolute Gasteiger partial charge is 0.311 e. The van der Waals surface area contributed by atoms with Crippen LogP contribution in [-0.2, 0) is 6.54 Å². The van der Waals surface area contributed by atoms with Crippen LogP contribution in [0.25, 0.3) is 0 Å². The number of nitro groups is 1. The molecule has 0 atom stereocenters. The second-order valence-electron chi connectivity index (χ2n) is 4.68. The lowest BCUT2D eigenvalue weighted by Gasteiger charge is -2.20. The summed E-state index contributed by atoms with van der Waals surface area (Å²) in [6, 6.07) is 4.40. The van der Waals surface area contributed by atoms with E-state index in [2.05, 4.69) is 5.32 Å². The number of nitrogens with zero attached hydrogens (tertiary/aromatic N) is 1. The van der Waals surface area contributed by atoms with Gasteiger partial charge in [0.25, 0.3) is 0 Å². The molecule has 0 aromatic heterocycles. The van der Waals surface area contributed by atoms with Crippen molar-refractivity contribution < 1.29 is 10.0 Å². The third-order valence-corrected chi connectivity index (χ3v) is 2.06. The van der Waals surface area contributed by atoms with Gasteiger partial charge in [-0.2, -0.15) is 0 Å². The van der Waals surface area contributed by atoms with Gasteiger partial charge < -0.3 is 10.4 Å². The fourth-order valence-corrected chi connectivity index (χ4v) is 1.19. The van der Waals surface area contributed by atoms with Crippen LogP contribution < -0.4 is 5.32 Å². The zero-order valence-electron chi connectivity index (χ0n) is 9.65. The van der Waals surface area contributed by atoms with Gasteiger partial charge in [-0.15, -0.1) is 0 Å². The number of hydrogen-bond acceptors (Lipinski definition) is 4. The first-order chi connectivity index (χ1) is 7.29. The number of aromatic hydroxyl groups is 1. The van der Waals surface area contributed by atoms with Crippen LogP contribution in [0.15, 0.2) is 18.2 Å². The Labute approximate surface area is 94.3 Å². The number of nitrogens with one attached hydrogen (secondary N) is 1. The molecular formula is C11H16N2O3. The van der Waals surface area contributed by atoms with Crippen molar-refractivity contribution in [2.45, 2.75) is 32.9 Å². The van der Waals surface area contributed by atoms with Crippen molar-refractivity contribution in [3.8, 4) is 5.75 Å². The molecule has 1 rings (SSSR count). The van der Waals surface area contributed by atoms with Crippen LogP contribution in [0.1, 0.15) is 26.3 Å². The zero-order valence-corrected chi connectivity index (χ0v) is 9.65. The minimum atomic E-state index is -0.587. The van der Waals surface area contributed by atoms with E-state index >= 15 is 0 Å². The molecule has 1 aromatic carbocycles. The number of phenolic OH excluding ortho intramolecular Hbond substituents is 1. The lowest BCUT2D eigenvalue weighted by atomic mass is 10.1. The first-order valence-corrected chi connectivity index (χ1v) is 5.01. The maximum atomic E-state index is 10.6. The quantitative estimate of drug-likeness (QED) is 0.609. The average molecular weight is 224 g/mol. The molecule has 16 heavy (non-hydrogen) atoms. The Balaban J connectivity index is 2.83. The molecule has 5 heteroatoms. The maximum absolute atomic E-state index is 10.6. The van der Waals surface area contributed by atoms with E-state index in [1.54, 1.807) is 6.07 Å². The first-order valence-electron chi connectivity index (χ1n) is 5.01. The van der Waals surface area contributed by atoms with Crippen molar-refractivity contribution in [2.75, 3.05) is 0 Å². The van der Waals surface area contributed by atoms with Crippen LogP contribution in [0, 0.1) is 10.1 Å². The molecule has 0 aliphatic carbocycles. The fraction of sp³-hybridized carbons (Fsp3) is 0.455. The minimum Gasteiger partial charge on any atom is -0.502 e. The number of rotatable bonds is 3. The van der Waals surface area contributed by atoms with E-state index in [4.69, 9.17) is 0 Å². The van der Waals surface area contributed by atoms with Gasteiger partial charge in [-0.25, -0.2) is 0 Å². The van der Waals surface area contributed by atoms with Gasteiger partial charge in [-0.3, -0.25) is 10.1 Å². The lowest BCUT2D eigenvalue weighted by molar-refractivity contribution is -0.385. The monoisotopic (exact) mass is 224 g/mol. The zero-order chi connectivity index (χ0) is 12.3. The molecule has 0 saturated carbocycles. The van der Waals surface area contributed by atoms with Gasteiger partial charge in [0.1, 0.15) is 0 Å². The number of nitro benzene ring substituents is 1. The minimum absolute atomic E-state index is 0.0489. The van der Waals surface area contributed by atoms with Crippen molar-refractivity contribution >= 4 is 5.69 Å². The summed E-state index contributed by atoms with van der Waals surface area (Å²) in [6.07, 6.45) is 0. The highest BCUT2D eigenvalue weighted by atomic mass is 16.6. The molecule has 2 N–H and O–H groups in total. The first kappa shape index (κ1) is 12.4. The molecule has 5 nitrogen and oxygen atoms in total. The Bertz CT molecular complexity index is 397. The molecule has 0 fully saturated rings. The lowest BCUT2D eigenvalue weighted by Crippen LogP contribution is -2.35. The van der Waals surface area contributed by atoms with Crippen molar-refractivity contribution in [1.29, 1.82) is 0 Å². The molecule has 0 spiro atoms. The Kier molecular flexibility index (Phi) is 3.49. The van der Waals surface area contributed by atoms with E-state index in [9.17, 15) is 15.2 Å². The summed E-state index contributed by atoms with van der Waals surface area (Å²) in [4.78, 5) is 10.0. The van der Waals surface area contributed by atoms with E-state index in [1.807, 2.05) is 20.8 Å². The molecule has 0 unspecified atom stereocenters. The van der Waals surface area contributed by atoms with Crippen molar-refractivity contribution in [2.24, 2.45) is 0 Å². The molecule has 0 bridgehead atoms. The molecule has 0 saturated heterocycles. The predicted molar refractivity (Wildman–Crippen MR) is 61.4 cm³/mol. The Morgan fingerprint density at radius 1 is 1.44 bits per heavy atom. The van der Waals surface area contributed by atoms with Crippen molar-refractivity contribution in [3.63, 3.8) is 0 Å². The van der Waals surface area contributed by atoms with Crippen LogP contribution >= 0.6 is 0 Å². The molecule has 0 amide bonds. The molecular weight excluding hydrogens is 208 g/mol. The van der Waals surface area contributed by atoms with E-state index < -0.39 is 4.92 Å². The van der Waals surface area contributed by atoms with Gasteiger partial charge in [0.05, 0.1) is 4.92 Å². The standard InChI is InChI=1S/C11H16N2O3/c1-11(2,3)12-7-8-4-5-10(14)9(6-8)13(15)16/h4-6,12,14H,7H2,1-3H3. The second kappa shape index (κ2) is 4.49. The predicted octanol–water partition coefficient (Wildman–Crippen LogP) is 2.19. The number of phenols is 1. The van der Waals surface area contributed by atoms with Gasteiger partial charge in [0, 0.05) is 18.2 Å². The Hall–Kier alpha value is -1.62. The van der Waals surface area contributed by atoms with Gasteiger partial charge in [-0.1, -0.05) is 6.07 Å². The maximum Gasteiger partial charge on any atom is 0.311 e. The second-order valence-corrected chi connectivity index (χ2v) is 4.68. The number of benzene rings is 1. The number of hydrogen-bond donors (Lipinski definition) is 2. The van der Waals surface area contributed by atoms with Crippen LogP contribution in [0.4, 0.5) is 5.69 Å². The molecule has 0 radical (unpaired) electrons. The summed E-state index contributed by atoms with van der Waals surface area (Å²) in [5, 5.41) is 23.1. The Morgan fingerprint density at radius 2 is 2.06 bits per heavy atom. The van der Waals surface area contributed by atoms with Gasteiger partial charge >= 0.3 is 5.69 Å². The SMILES string of the molecule is CC(C)(C)NCc1ccc(O)c([N+](=O)[O-])c1. The Morgan fingerprint density at radius 3 is 2.56 bits per heavy atom. The largest absolute Gasteiger partial charge is 0.502 e. The summed E-state index contributed by atoms with van der Waals surface area (Å²) >= 11 is 0. The van der Waals surface area contributed by atoms with Crippen LogP contribution in [0.5, 0.6) is 5.75 Å². The third kappa shape index (κ3) is 3.51. The molecule has 0 aliphatic heterocycles. The van der Waals surface area contributed by atoms with E-state index in [1.165, 1.54) is 12.1 Å². The molecule has 0 aliphatic rings. The summed E-state index contributed by atoms with van der Waals surface area (Å²) < 4.78 is 0. The topological polar surface area (TPSA) is 75.4 Å².